The number of ether oxygens (including phenoxy) is 1. The van der Waals surface area contributed by atoms with Crippen molar-refractivity contribution in [1.82, 2.24) is 0 Å². The Morgan fingerprint density at radius 1 is 1.53 bits per heavy atom. The summed E-state index contributed by atoms with van der Waals surface area (Å²) in [7, 11) is 1.53. The predicted molar refractivity (Wildman–Crippen MR) is 68.5 cm³/mol. The highest BCUT2D eigenvalue weighted by molar-refractivity contribution is 9.10. The van der Waals surface area contributed by atoms with Crippen molar-refractivity contribution in [3.05, 3.63) is 34.1 Å². The van der Waals surface area contributed by atoms with Gasteiger partial charge in [0.05, 0.1) is 4.47 Å². The van der Waals surface area contributed by atoms with Gasteiger partial charge in [0, 0.05) is 13.5 Å². The molecule has 1 aromatic carbocycles. The van der Waals surface area contributed by atoms with Crippen molar-refractivity contribution in [2.24, 2.45) is 0 Å². The summed E-state index contributed by atoms with van der Waals surface area (Å²) in [6.07, 6.45) is 0.863. The van der Waals surface area contributed by atoms with Gasteiger partial charge < -0.3 is 4.74 Å². The van der Waals surface area contributed by atoms with Crippen molar-refractivity contribution in [2.75, 3.05) is 7.11 Å². The van der Waals surface area contributed by atoms with E-state index >= 15 is 0 Å². The van der Waals surface area contributed by atoms with Crippen molar-refractivity contribution in [3.63, 3.8) is 0 Å². The SMILES string of the molecule is CCC(C)(OC)C(=O)Cc1ccc(F)c(Br)c1. The van der Waals surface area contributed by atoms with E-state index in [1.807, 2.05) is 6.92 Å². The summed E-state index contributed by atoms with van der Waals surface area (Å²) in [6.45, 7) is 3.68. The lowest BCUT2D eigenvalue weighted by atomic mass is 9.92. The summed E-state index contributed by atoms with van der Waals surface area (Å²) in [5.74, 6) is -0.327. The number of hydrogen-bond donors (Lipinski definition) is 0. The Bertz CT molecular complexity index is 414. The lowest BCUT2D eigenvalue weighted by Crippen LogP contribution is -2.37. The van der Waals surface area contributed by atoms with Crippen molar-refractivity contribution < 1.29 is 13.9 Å². The van der Waals surface area contributed by atoms with Gasteiger partial charge in [-0.25, -0.2) is 4.39 Å². The van der Waals surface area contributed by atoms with Gasteiger partial charge in [0.15, 0.2) is 5.78 Å². The van der Waals surface area contributed by atoms with E-state index in [4.69, 9.17) is 4.74 Å². The summed E-state index contributed by atoms with van der Waals surface area (Å²) in [5.41, 5.74) is 0.0147. The second kappa shape index (κ2) is 5.74. The van der Waals surface area contributed by atoms with Crippen LogP contribution in [0.2, 0.25) is 0 Å². The Balaban J connectivity index is 2.84. The molecule has 0 aromatic heterocycles. The summed E-state index contributed by atoms with van der Waals surface area (Å²) >= 11 is 3.10. The minimum absolute atomic E-state index is 0.000933. The molecule has 4 heteroatoms. The van der Waals surface area contributed by atoms with Crippen LogP contribution < -0.4 is 0 Å². The zero-order chi connectivity index (χ0) is 13.1. The molecule has 0 radical (unpaired) electrons. The molecule has 0 bridgehead atoms. The maximum Gasteiger partial charge on any atom is 0.168 e. The molecule has 0 saturated carbocycles. The van der Waals surface area contributed by atoms with Crippen molar-refractivity contribution >= 4 is 21.7 Å². The van der Waals surface area contributed by atoms with Crippen LogP contribution in [0.5, 0.6) is 0 Å². The molecule has 2 nitrogen and oxygen atoms in total. The van der Waals surface area contributed by atoms with Crippen LogP contribution in [-0.4, -0.2) is 18.5 Å². The Morgan fingerprint density at radius 2 is 2.18 bits per heavy atom. The van der Waals surface area contributed by atoms with Gasteiger partial charge in [0.1, 0.15) is 11.4 Å². The maximum atomic E-state index is 13.0. The number of methoxy groups -OCH3 is 1. The molecule has 0 N–H and O–H groups in total. The van der Waals surface area contributed by atoms with E-state index in [1.165, 1.54) is 13.2 Å². The van der Waals surface area contributed by atoms with Crippen LogP contribution in [-0.2, 0) is 16.0 Å². The number of Topliss-reactive ketones (excluding diaryl/α,β-unsaturated/α-hetero) is 1. The van der Waals surface area contributed by atoms with E-state index in [-0.39, 0.29) is 18.0 Å². The van der Waals surface area contributed by atoms with Gasteiger partial charge in [-0.15, -0.1) is 0 Å². The molecule has 1 aromatic rings. The van der Waals surface area contributed by atoms with E-state index in [0.29, 0.717) is 10.9 Å². The standard InChI is InChI=1S/C13H16BrFO2/c1-4-13(2,17-3)12(16)8-9-5-6-11(15)10(14)7-9/h5-7H,4,8H2,1-3H3. The van der Waals surface area contributed by atoms with E-state index in [2.05, 4.69) is 15.9 Å². The van der Waals surface area contributed by atoms with E-state index in [9.17, 15) is 9.18 Å². The number of carbonyl (C=O) groups excluding carboxylic acids is 1. The first-order valence-corrected chi connectivity index (χ1v) is 6.24. The lowest BCUT2D eigenvalue weighted by Gasteiger charge is -2.24. The highest BCUT2D eigenvalue weighted by atomic mass is 79.9. The first-order chi connectivity index (χ1) is 7.92. The maximum absolute atomic E-state index is 13.0. The Kier molecular flexibility index (Phi) is 4.83. The molecule has 1 atom stereocenters. The highest BCUT2D eigenvalue weighted by Crippen LogP contribution is 2.21. The molecule has 0 spiro atoms. The van der Waals surface area contributed by atoms with Crippen LogP contribution in [0, 0.1) is 5.82 Å². The zero-order valence-electron chi connectivity index (χ0n) is 10.2. The number of halogens is 2. The van der Waals surface area contributed by atoms with E-state index < -0.39 is 5.60 Å². The smallest absolute Gasteiger partial charge is 0.168 e. The molecule has 1 unspecified atom stereocenters. The first kappa shape index (κ1) is 14.3. The Hall–Kier alpha value is -0.740. The van der Waals surface area contributed by atoms with E-state index in [0.717, 1.165) is 5.56 Å². The van der Waals surface area contributed by atoms with Gasteiger partial charge in [-0.3, -0.25) is 4.79 Å². The normalized spacial score (nSPS) is 14.4. The summed E-state index contributed by atoms with van der Waals surface area (Å²) in [5, 5.41) is 0. The summed E-state index contributed by atoms with van der Waals surface area (Å²) in [4.78, 5) is 12.1. The van der Waals surface area contributed by atoms with Gasteiger partial charge in [-0.05, 0) is 47.0 Å². The van der Waals surface area contributed by atoms with Gasteiger partial charge >= 0.3 is 0 Å². The summed E-state index contributed by atoms with van der Waals surface area (Å²) < 4.78 is 18.7. The molecular weight excluding hydrogens is 287 g/mol. The van der Waals surface area contributed by atoms with Crippen LogP contribution in [0.1, 0.15) is 25.8 Å². The predicted octanol–water partition coefficient (Wildman–Crippen LogP) is 3.51. The third kappa shape index (κ3) is 3.36. The molecule has 94 valence electrons. The van der Waals surface area contributed by atoms with Gasteiger partial charge in [0.25, 0.3) is 0 Å². The molecule has 0 aliphatic carbocycles. The zero-order valence-corrected chi connectivity index (χ0v) is 11.8. The number of carbonyl (C=O) groups is 1. The number of ketones is 1. The molecule has 0 aliphatic rings. The monoisotopic (exact) mass is 302 g/mol. The fourth-order valence-electron chi connectivity index (χ4n) is 1.48. The Morgan fingerprint density at radius 3 is 2.65 bits per heavy atom. The van der Waals surface area contributed by atoms with Gasteiger partial charge in [-0.1, -0.05) is 13.0 Å². The average Bonchev–Trinajstić information content (AvgIpc) is 2.32. The number of benzene rings is 1. The lowest BCUT2D eigenvalue weighted by molar-refractivity contribution is -0.138. The molecule has 0 aliphatic heterocycles. The number of rotatable bonds is 5. The third-order valence-electron chi connectivity index (χ3n) is 3.06. The van der Waals surface area contributed by atoms with Gasteiger partial charge in [-0.2, -0.15) is 0 Å². The first-order valence-electron chi connectivity index (χ1n) is 5.45. The molecule has 1 rings (SSSR count). The molecular formula is C13H16BrFO2. The average molecular weight is 303 g/mol. The topological polar surface area (TPSA) is 26.3 Å². The fourth-order valence-corrected chi connectivity index (χ4v) is 1.90. The fraction of sp³-hybridized carbons (Fsp3) is 0.462. The summed E-state index contributed by atoms with van der Waals surface area (Å²) in [6, 6.07) is 4.59. The molecule has 0 heterocycles. The minimum atomic E-state index is -0.763. The van der Waals surface area contributed by atoms with Crippen molar-refractivity contribution in [3.8, 4) is 0 Å². The van der Waals surface area contributed by atoms with Crippen LogP contribution in [0.25, 0.3) is 0 Å². The van der Waals surface area contributed by atoms with Crippen LogP contribution >= 0.6 is 15.9 Å². The largest absolute Gasteiger partial charge is 0.371 e. The molecule has 17 heavy (non-hydrogen) atoms. The second-order valence-electron chi connectivity index (χ2n) is 4.14. The van der Waals surface area contributed by atoms with Crippen molar-refractivity contribution in [2.45, 2.75) is 32.3 Å². The molecule has 0 fully saturated rings. The van der Waals surface area contributed by atoms with E-state index in [1.54, 1.807) is 19.1 Å². The van der Waals surface area contributed by atoms with Crippen LogP contribution in [0.3, 0.4) is 0 Å². The van der Waals surface area contributed by atoms with Crippen LogP contribution in [0.15, 0.2) is 22.7 Å². The second-order valence-corrected chi connectivity index (χ2v) is 4.99. The minimum Gasteiger partial charge on any atom is -0.371 e. The van der Waals surface area contributed by atoms with Crippen molar-refractivity contribution in [1.29, 1.82) is 0 Å². The third-order valence-corrected chi connectivity index (χ3v) is 3.67. The Labute approximate surface area is 109 Å². The van der Waals surface area contributed by atoms with Gasteiger partial charge in [0.2, 0.25) is 0 Å². The number of hydrogen-bond acceptors (Lipinski definition) is 2. The molecule has 0 saturated heterocycles. The molecule has 0 amide bonds. The quantitative estimate of drug-likeness (QED) is 0.832. The highest BCUT2D eigenvalue weighted by Gasteiger charge is 2.30. The van der Waals surface area contributed by atoms with Crippen LogP contribution in [0.4, 0.5) is 4.39 Å².